The third-order valence-electron chi connectivity index (χ3n) is 1.45. The summed E-state index contributed by atoms with van der Waals surface area (Å²) in [7, 11) is 0. The van der Waals surface area contributed by atoms with E-state index in [1.165, 1.54) is 13.0 Å². The molecule has 0 saturated heterocycles. The molecule has 1 atom stereocenters. The molecule has 1 amide bonds. The molecule has 0 unspecified atom stereocenters. The molecule has 0 radical (unpaired) electrons. The number of carbonyl (C=O) groups excluding carboxylic acids is 2. The highest BCUT2D eigenvalue weighted by Crippen LogP contribution is 1.92. The molecule has 0 aromatic carbocycles. The first-order valence-electron chi connectivity index (χ1n) is 4.23. The highest BCUT2D eigenvalue weighted by molar-refractivity contribution is 7.80. The van der Waals surface area contributed by atoms with Crippen LogP contribution in [-0.2, 0) is 9.59 Å². The van der Waals surface area contributed by atoms with E-state index in [4.69, 9.17) is 0 Å². The first-order chi connectivity index (χ1) is 7.11. The Morgan fingerprint density at radius 1 is 1.67 bits per heavy atom. The number of rotatable bonds is 6. The van der Waals surface area contributed by atoms with Crippen LogP contribution in [0.5, 0.6) is 0 Å². The normalized spacial score (nSPS) is 11.9. The Hall–Kier alpha value is -0.970. The fourth-order valence-electron chi connectivity index (χ4n) is 0.827. The molecule has 0 aliphatic carbocycles. The first kappa shape index (κ1) is 14.0. The molecule has 0 aliphatic rings. The van der Waals surface area contributed by atoms with Gasteiger partial charge in [-0.1, -0.05) is 6.08 Å². The van der Waals surface area contributed by atoms with E-state index in [0.717, 1.165) is 0 Å². The Kier molecular flexibility index (Phi) is 7.81. The predicted molar refractivity (Wildman–Crippen MR) is 65.5 cm³/mol. The van der Waals surface area contributed by atoms with Gasteiger partial charge in [0.2, 0.25) is 5.91 Å². The second-order valence-electron chi connectivity index (χ2n) is 2.67. The number of carbonyl (C=O) groups is 2. The largest absolute Gasteiger partial charge is 0.345 e. The number of isothiocyanates is 1. The Labute approximate surface area is 99.3 Å². The van der Waals surface area contributed by atoms with Crippen molar-refractivity contribution in [3.63, 3.8) is 0 Å². The zero-order valence-electron chi connectivity index (χ0n) is 8.27. The number of nitrogens with one attached hydrogen (secondary N) is 1. The van der Waals surface area contributed by atoms with Crippen LogP contribution in [-0.4, -0.2) is 35.2 Å². The molecule has 1 N–H and O–H groups in total. The number of hydrogen-bond acceptors (Lipinski definition) is 5. The number of hydrogen-bond donors (Lipinski definition) is 2. The second kappa shape index (κ2) is 8.35. The maximum atomic E-state index is 11.4. The average molecular weight is 244 g/mol. The lowest BCUT2D eigenvalue weighted by atomic mass is 10.2. The Morgan fingerprint density at radius 2 is 2.33 bits per heavy atom. The number of ketones is 1. The molecule has 0 heterocycles. The van der Waals surface area contributed by atoms with Crippen LogP contribution in [0.25, 0.3) is 0 Å². The minimum atomic E-state index is -0.585. The molecule has 0 spiro atoms. The summed E-state index contributed by atoms with van der Waals surface area (Å²) in [5.41, 5.74) is 0. The number of thiocarbonyl (C=S) groups is 1. The molecule has 6 heteroatoms. The van der Waals surface area contributed by atoms with Gasteiger partial charge in [0.15, 0.2) is 5.78 Å². The van der Waals surface area contributed by atoms with Crippen LogP contribution in [0.3, 0.4) is 0 Å². The summed E-state index contributed by atoms with van der Waals surface area (Å²) in [6.45, 7) is 1.67. The van der Waals surface area contributed by atoms with Crippen LogP contribution in [0.1, 0.15) is 6.92 Å². The van der Waals surface area contributed by atoms with E-state index in [1.54, 1.807) is 6.08 Å². The topological polar surface area (TPSA) is 58.5 Å². The summed E-state index contributed by atoms with van der Waals surface area (Å²) in [5.74, 6) is -0.202. The molecule has 0 aromatic rings. The summed E-state index contributed by atoms with van der Waals surface area (Å²) in [5, 5.41) is 4.67. The van der Waals surface area contributed by atoms with Crippen LogP contribution in [0.4, 0.5) is 0 Å². The third kappa shape index (κ3) is 7.02. The maximum absolute atomic E-state index is 11.4. The predicted octanol–water partition coefficient (Wildman–Crippen LogP) is 0.649. The van der Waals surface area contributed by atoms with Crippen molar-refractivity contribution < 1.29 is 9.59 Å². The smallest absolute Gasteiger partial charge is 0.217 e. The van der Waals surface area contributed by atoms with Crippen molar-refractivity contribution in [3.8, 4) is 0 Å². The van der Waals surface area contributed by atoms with Crippen LogP contribution < -0.4 is 5.32 Å². The standard InChI is InChI=1S/C9H12N2O2S2/c1-7(12)11-8(5-14)9(13)3-2-4-10-6-15/h2-3,8,14H,4-5H2,1H3,(H,11,12)/t8-/m0/s1. The van der Waals surface area contributed by atoms with Gasteiger partial charge < -0.3 is 5.32 Å². The van der Waals surface area contributed by atoms with E-state index < -0.39 is 6.04 Å². The third-order valence-corrected chi connectivity index (χ3v) is 1.94. The zero-order valence-corrected chi connectivity index (χ0v) is 9.98. The first-order valence-corrected chi connectivity index (χ1v) is 5.27. The van der Waals surface area contributed by atoms with Crippen molar-refractivity contribution in [2.24, 2.45) is 4.99 Å². The van der Waals surface area contributed by atoms with Crippen LogP contribution in [0.2, 0.25) is 0 Å². The Morgan fingerprint density at radius 3 is 2.80 bits per heavy atom. The lowest BCUT2D eigenvalue weighted by Crippen LogP contribution is -2.40. The molecule has 0 fully saturated rings. The van der Waals surface area contributed by atoms with E-state index in [0.29, 0.717) is 6.54 Å². The van der Waals surface area contributed by atoms with Crippen molar-refractivity contribution in [2.75, 3.05) is 12.3 Å². The Bertz CT molecular complexity index is 309. The maximum Gasteiger partial charge on any atom is 0.217 e. The molecule has 0 bridgehead atoms. The number of aliphatic imine (C=N–C) groups is 1. The monoisotopic (exact) mass is 244 g/mol. The molecular formula is C9H12N2O2S2. The lowest BCUT2D eigenvalue weighted by molar-refractivity contribution is -0.124. The van der Waals surface area contributed by atoms with E-state index in [-0.39, 0.29) is 17.4 Å². The van der Waals surface area contributed by atoms with Gasteiger partial charge in [0.25, 0.3) is 0 Å². The molecule has 0 saturated carbocycles. The number of amides is 1. The van der Waals surface area contributed by atoms with Crippen molar-refractivity contribution >= 4 is 41.7 Å². The average Bonchev–Trinajstić information content (AvgIpc) is 2.20. The van der Waals surface area contributed by atoms with Crippen molar-refractivity contribution in [2.45, 2.75) is 13.0 Å². The fourth-order valence-corrected chi connectivity index (χ4v) is 1.17. The van der Waals surface area contributed by atoms with E-state index in [9.17, 15) is 9.59 Å². The fraction of sp³-hybridized carbons (Fsp3) is 0.444. The number of thiol groups is 1. The molecular weight excluding hydrogens is 232 g/mol. The summed E-state index contributed by atoms with van der Waals surface area (Å²) in [6, 6.07) is -0.585. The van der Waals surface area contributed by atoms with Gasteiger partial charge in [-0.3, -0.25) is 9.59 Å². The van der Waals surface area contributed by atoms with E-state index in [1.807, 2.05) is 0 Å². The Balaban J connectivity index is 4.20. The SMILES string of the molecule is CC(=O)N[C@@H](CS)C(=O)C=CCN=C=S. The van der Waals surface area contributed by atoms with Crippen LogP contribution >= 0.6 is 24.8 Å². The van der Waals surface area contributed by atoms with Crippen molar-refractivity contribution in [3.05, 3.63) is 12.2 Å². The van der Waals surface area contributed by atoms with Gasteiger partial charge in [-0.05, 0) is 18.3 Å². The second-order valence-corrected chi connectivity index (χ2v) is 3.22. The minimum absolute atomic E-state index is 0.209. The van der Waals surface area contributed by atoms with Gasteiger partial charge in [0.1, 0.15) is 6.04 Å². The summed E-state index contributed by atoms with van der Waals surface area (Å²) >= 11 is 8.33. The molecule has 0 aromatic heterocycles. The summed E-state index contributed by atoms with van der Waals surface area (Å²) in [4.78, 5) is 25.8. The molecule has 0 aliphatic heterocycles. The zero-order chi connectivity index (χ0) is 11.7. The lowest BCUT2D eigenvalue weighted by Gasteiger charge is -2.11. The molecule has 4 nitrogen and oxygen atoms in total. The summed E-state index contributed by atoms with van der Waals surface area (Å²) in [6.07, 6.45) is 2.91. The van der Waals surface area contributed by atoms with Gasteiger partial charge in [0, 0.05) is 12.7 Å². The van der Waals surface area contributed by atoms with Gasteiger partial charge in [-0.2, -0.15) is 12.6 Å². The van der Waals surface area contributed by atoms with Crippen LogP contribution in [0.15, 0.2) is 17.1 Å². The highest BCUT2D eigenvalue weighted by atomic mass is 32.1. The van der Waals surface area contributed by atoms with Crippen LogP contribution in [0, 0.1) is 0 Å². The molecule has 82 valence electrons. The van der Waals surface area contributed by atoms with Gasteiger partial charge in [-0.25, -0.2) is 4.99 Å². The van der Waals surface area contributed by atoms with Gasteiger partial charge in [-0.15, -0.1) is 0 Å². The summed E-state index contributed by atoms with van der Waals surface area (Å²) < 4.78 is 0. The number of nitrogens with zero attached hydrogens (tertiary/aromatic N) is 1. The minimum Gasteiger partial charge on any atom is -0.345 e. The molecule has 0 rings (SSSR count). The van der Waals surface area contributed by atoms with Crippen molar-refractivity contribution in [1.29, 1.82) is 0 Å². The van der Waals surface area contributed by atoms with Gasteiger partial charge >= 0.3 is 0 Å². The van der Waals surface area contributed by atoms with E-state index >= 15 is 0 Å². The quantitative estimate of drug-likeness (QED) is 0.312. The van der Waals surface area contributed by atoms with Gasteiger partial charge in [0.05, 0.1) is 11.7 Å². The van der Waals surface area contributed by atoms with E-state index in [2.05, 4.69) is 40.3 Å². The van der Waals surface area contributed by atoms with Crippen molar-refractivity contribution in [1.82, 2.24) is 5.32 Å². The molecule has 15 heavy (non-hydrogen) atoms. The highest BCUT2D eigenvalue weighted by Gasteiger charge is 2.14.